The molecule has 21 nitrogen and oxygen atoms in total. The molecule has 0 aromatic heterocycles. The minimum absolute atomic E-state index is 0.00975. The van der Waals surface area contributed by atoms with E-state index in [1.165, 1.54) is 47.4 Å². The Morgan fingerprint density at radius 3 is 2.06 bits per heavy atom. The Hall–Kier alpha value is -5.96. The number of rotatable bonds is 12. The first-order chi connectivity index (χ1) is 36.2. The van der Waals surface area contributed by atoms with Crippen molar-refractivity contribution in [1.82, 2.24) is 35.6 Å². The van der Waals surface area contributed by atoms with Crippen LogP contribution in [0.15, 0.2) is 24.3 Å². The van der Waals surface area contributed by atoms with Crippen molar-refractivity contribution in [1.29, 1.82) is 0 Å². The van der Waals surface area contributed by atoms with E-state index in [1.54, 1.807) is 39.8 Å². The van der Waals surface area contributed by atoms with Crippen molar-refractivity contribution in [2.75, 3.05) is 20.1 Å². The quantitative estimate of drug-likeness (QED) is 0.148. The monoisotopic (exact) mass is 1080 g/mol. The molecule has 0 saturated carbocycles. The summed E-state index contributed by atoms with van der Waals surface area (Å²) in [6.07, 6.45) is -4.65. The standard InChI is InChI=1S/C56H85N7O14/c1-13-32(8)45-43(65)27-44(66)77-48(31(6)7)47(67)33(9)49(68)57-38(24-29(2)3)53(72)62-23-17-21-40(62)55(74)63-28-37-19-15-14-18-36(37)26-42(63)56(75)76-35(11)46(51(70)58-45)59-50(69)41(25-30(4)5)60(12)54(73)39-20-16-22-61(39)52(71)34(10)64/h14-15,18-19,29-35,38-43,45-46,48,64-65H,13,16-17,20-28H2,1-12H3,(H,57,68)(H,58,70)(H,59,69)/t32-,33+,34-,35+,38+,39-,40-,41+,42-,43+,45+,46-,48-/m0/s1. The van der Waals surface area contributed by atoms with Gasteiger partial charge < -0.3 is 55.2 Å². The van der Waals surface area contributed by atoms with Crippen LogP contribution in [0.1, 0.15) is 139 Å². The van der Waals surface area contributed by atoms with E-state index in [2.05, 4.69) is 16.0 Å². The van der Waals surface area contributed by atoms with Crippen LogP contribution in [-0.2, 0) is 70.4 Å². The SMILES string of the molecule is CC[C@H](C)[C@H]1NC(=O)[C@@H](NC(=O)[C@@H](CC(C)C)N(C)C(=O)[C@@H]2CCCN2C(=O)[C@H](C)O)[C@@H](C)OC(=O)[C@@H]2Cc3ccccc3CN2C(=O)[C@@H]2CCCN2C(=O)[C@@H](CC(C)C)NC(=O)[C@H](C)C(=O)[C@H](C(C)C)OC(=O)C[C@H]1O. The predicted octanol–water partition coefficient (Wildman–Crippen LogP) is 2.19. The summed E-state index contributed by atoms with van der Waals surface area (Å²) < 4.78 is 11.9. The first-order valence-corrected chi connectivity index (χ1v) is 27.6. The molecular weight excluding hydrogens is 995 g/mol. The number of aliphatic hydroxyl groups is 2. The van der Waals surface area contributed by atoms with Gasteiger partial charge in [0.25, 0.3) is 5.91 Å². The molecule has 0 spiro atoms. The van der Waals surface area contributed by atoms with Gasteiger partial charge in [-0.05, 0) is 94.1 Å². The molecule has 0 bridgehead atoms. The van der Waals surface area contributed by atoms with Crippen LogP contribution in [-0.4, -0.2) is 176 Å². The first kappa shape index (κ1) is 61.9. The van der Waals surface area contributed by atoms with E-state index in [-0.39, 0.29) is 63.6 Å². The highest BCUT2D eigenvalue weighted by molar-refractivity contribution is 6.05. The second-order valence-electron chi connectivity index (χ2n) is 22.9. The summed E-state index contributed by atoms with van der Waals surface area (Å²) in [5.41, 5.74) is 1.50. The van der Waals surface area contributed by atoms with Gasteiger partial charge in [0.15, 0.2) is 11.9 Å². The number of Topliss-reactive ketones (excluding diaryl/α,β-unsaturated/α-hetero) is 1. The normalized spacial score (nSPS) is 28.7. The Labute approximate surface area is 453 Å². The smallest absolute Gasteiger partial charge is 0.329 e. The van der Waals surface area contributed by atoms with Gasteiger partial charge in [0.2, 0.25) is 35.4 Å². The zero-order valence-corrected chi connectivity index (χ0v) is 47.1. The van der Waals surface area contributed by atoms with E-state index in [0.29, 0.717) is 19.3 Å². The fourth-order valence-corrected chi connectivity index (χ4v) is 10.9. The Morgan fingerprint density at radius 2 is 1.45 bits per heavy atom. The summed E-state index contributed by atoms with van der Waals surface area (Å²) >= 11 is 0. The Balaban J connectivity index is 1.61. The van der Waals surface area contributed by atoms with E-state index >= 15 is 4.79 Å². The molecule has 13 atom stereocenters. The number of hydrogen-bond donors (Lipinski definition) is 5. The van der Waals surface area contributed by atoms with Crippen molar-refractivity contribution in [3.8, 4) is 0 Å². The molecule has 4 aliphatic heterocycles. The van der Waals surface area contributed by atoms with Gasteiger partial charge in [-0.2, -0.15) is 0 Å². The first-order valence-electron chi connectivity index (χ1n) is 27.6. The maximum atomic E-state index is 15.1. The number of nitrogens with one attached hydrogen (secondary N) is 3. The number of aliphatic hydroxyl groups excluding tert-OH is 2. The van der Waals surface area contributed by atoms with Crippen molar-refractivity contribution < 1.29 is 67.6 Å². The fraction of sp³-hybridized carbons (Fsp3) is 0.714. The number of carbonyl (C=O) groups is 10. The number of fused-ring (bicyclic) bond motifs is 3. The second kappa shape index (κ2) is 27.1. The number of esters is 2. The summed E-state index contributed by atoms with van der Waals surface area (Å²) in [5, 5.41) is 30.3. The molecule has 21 heteroatoms. The summed E-state index contributed by atoms with van der Waals surface area (Å²) in [6, 6.07) is -1.40. The predicted molar refractivity (Wildman–Crippen MR) is 281 cm³/mol. The van der Waals surface area contributed by atoms with Crippen molar-refractivity contribution in [2.45, 2.75) is 207 Å². The Kier molecular flexibility index (Phi) is 21.8. The molecule has 1 aromatic rings. The number of ketones is 1. The number of likely N-dealkylation sites (tertiary alicyclic amines) is 1. The molecule has 5 N–H and O–H groups in total. The van der Waals surface area contributed by atoms with Crippen molar-refractivity contribution >= 4 is 59.1 Å². The molecule has 77 heavy (non-hydrogen) atoms. The molecule has 3 saturated heterocycles. The number of carbonyl (C=O) groups excluding carboxylic acids is 10. The maximum Gasteiger partial charge on any atom is 0.329 e. The number of nitrogens with zero attached hydrogens (tertiary/aromatic N) is 4. The molecule has 4 aliphatic rings. The topological polar surface area (TPSA) is 279 Å². The van der Waals surface area contributed by atoms with Gasteiger partial charge in [0.05, 0.1) is 24.5 Å². The summed E-state index contributed by atoms with van der Waals surface area (Å²) in [6.45, 7) is 18.5. The minimum Gasteiger partial charge on any atom is -0.458 e. The van der Waals surface area contributed by atoms with Gasteiger partial charge in [0, 0.05) is 33.1 Å². The third-order valence-corrected chi connectivity index (χ3v) is 15.6. The van der Waals surface area contributed by atoms with Crippen LogP contribution in [0.3, 0.4) is 0 Å². The van der Waals surface area contributed by atoms with Crippen LogP contribution < -0.4 is 16.0 Å². The molecule has 428 valence electrons. The average Bonchev–Trinajstić information content (AvgIpc) is 4.08. The van der Waals surface area contributed by atoms with Gasteiger partial charge >= 0.3 is 11.9 Å². The van der Waals surface area contributed by atoms with E-state index in [4.69, 9.17) is 9.47 Å². The number of benzene rings is 1. The van der Waals surface area contributed by atoms with Gasteiger partial charge in [0.1, 0.15) is 48.5 Å². The average molecular weight is 1080 g/mol. The molecule has 0 radical (unpaired) electrons. The highest BCUT2D eigenvalue weighted by Gasteiger charge is 2.47. The molecule has 4 heterocycles. The minimum atomic E-state index is -1.73. The lowest BCUT2D eigenvalue weighted by molar-refractivity contribution is -0.164. The molecule has 5 rings (SSSR count). The summed E-state index contributed by atoms with van der Waals surface area (Å²) in [7, 11) is 1.41. The van der Waals surface area contributed by atoms with Gasteiger partial charge in [-0.25, -0.2) is 4.79 Å². The molecule has 3 fully saturated rings. The van der Waals surface area contributed by atoms with Gasteiger partial charge in [-0.1, -0.05) is 86.1 Å². The lowest BCUT2D eigenvalue weighted by Gasteiger charge is -2.40. The van der Waals surface area contributed by atoms with Gasteiger partial charge in [-0.15, -0.1) is 0 Å². The van der Waals surface area contributed by atoms with E-state index < -0.39 is 150 Å². The third kappa shape index (κ3) is 15.0. The molecule has 1 aromatic carbocycles. The van der Waals surface area contributed by atoms with Crippen LogP contribution in [0, 0.1) is 29.6 Å². The fourth-order valence-electron chi connectivity index (χ4n) is 10.9. The maximum absolute atomic E-state index is 15.1. The Bertz CT molecular complexity index is 2340. The van der Waals surface area contributed by atoms with E-state index in [9.17, 15) is 53.4 Å². The molecule has 0 unspecified atom stereocenters. The number of hydrogen-bond acceptors (Lipinski definition) is 14. The zero-order chi connectivity index (χ0) is 57.3. The molecular formula is C56H85N7O14. The third-order valence-electron chi connectivity index (χ3n) is 15.6. The van der Waals surface area contributed by atoms with Crippen molar-refractivity contribution in [2.24, 2.45) is 29.6 Å². The summed E-state index contributed by atoms with van der Waals surface area (Å²) in [5.74, 6) is -10.4. The second-order valence-corrected chi connectivity index (χ2v) is 22.9. The van der Waals surface area contributed by atoms with Crippen LogP contribution in [0.5, 0.6) is 0 Å². The number of cyclic esters (lactones) is 2. The van der Waals surface area contributed by atoms with Crippen LogP contribution in [0.4, 0.5) is 0 Å². The lowest BCUT2D eigenvalue weighted by Crippen LogP contribution is -2.62. The van der Waals surface area contributed by atoms with Crippen molar-refractivity contribution in [3.05, 3.63) is 35.4 Å². The highest BCUT2D eigenvalue weighted by atomic mass is 16.6. The van der Waals surface area contributed by atoms with E-state index in [0.717, 1.165) is 11.1 Å². The Morgan fingerprint density at radius 1 is 0.805 bits per heavy atom. The number of ether oxygens (including phenoxy) is 2. The number of amides is 7. The summed E-state index contributed by atoms with van der Waals surface area (Å²) in [4.78, 5) is 149. The highest BCUT2D eigenvalue weighted by Crippen LogP contribution is 2.31. The molecule has 7 amide bonds. The van der Waals surface area contributed by atoms with Crippen molar-refractivity contribution in [3.63, 3.8) is 0 Å². The van der Waals surface area contributed by atoms with Crippen LogP contribution >= 0.6 is 0 Å². The van der Waals surface area contributed by atoms with Gasteiger partial charge in [-0.3, -0.25) is 43.2 Å². The molecule has 0 aliphatic carbocycles. The van der Waals surface area contributed by atoms with Crippen LogP contribution in [0.25, 0.3) is 0 Å². The zero-order valence-electron chi connectivity index (χ0n) is 47.1. The van der Waals surface area contributed by atoms with Crippen LogP contribution in [0.2, 0.25) is 0 Å². The lowest BCUT2D eigenvalue weighted by atomic mass is 9.91. The van der Waals surface area contributed by atoms with E-state index in [1.807, 2.05) is 39.8 Å². The largest absolute Gasteiger partial charge is 0.458 e. The number of likely N-dealkylation sites (N-methyl/N-ethyl adjacent to an activating group) is 1.